The van der Waals surface area contributed by atoms with Crippen LogP contribution in [0.5, 0.6) is 0 Å². The molecule has 0 aliphatic carbocycles. The van der Waals surface area contributed by atoms with Crippen molar-refractivity contribution in [3.05, 3.63) is 76.2 Å². The maximum atomic E-state index is 12.4. The first-order valence-electron chi connectivity index (χ1n) is 14.8. The average Bonchev–Trinajstić information content (AvgIpc) is 3.32. The highest BCUT2D eigenvalue weighted by molar-refractivity contribution is 7.99. The Kier molecular flexibility index (Phi) is 9.16. The second-order valence-electron chi connectivity index (χ2n) is 10.8. The number of nitrogens with one attached hydrogen (secondary N) is 2. The van der Waals surface area contributed by atoms with Crippen LogP contribution in [0, 0.1) is 27.7 Å². The molecule has 0 saturated carbocycles. The lowest BCUT2D eigenvalue weighted by Crippen LogP contribution is -2.34. The van der Waals surface area contributed by atoms with Gasteiger partial charge in [-0.2, -0.15) is 16.7 Å². The van der Waals surface area contributed by atoms with Crippen molar-refractivity contribution in [2.24, 2.45) is 0 Å². The number of nitrogens with zero attached hydrogens (tertiary/aromatic N) is 5. The number of para-hydroxylation sites is 1. The van der Waals surface area contributed by atoms with E-state index in [-0.39, 0.29) is 11.9 Å². The minimum absolute atomic E-state index is 0.0578. The summed E-state index contributed by atoms with van der Waals surface area (Å²) in [7, 11) is 0. The molecule has 3 aromatic heterocycles. The number of anilines is 2. The highest BCUT2D eigenvalue weighted by atomic mass is 32.2. The highest BCUT2D eigenvalue weighted by Gasteiger charge is 2.24. The fraction of sp³-hybridized carbons (Fsp3) is 0.394. The molecule has 1 fully saturated rings. The topological polar surface area (TPSA) is 88.0 Å². The van der Waals surface area contributed by atoms with Gasteiger partial charge >= 0.3 is 0 Å². The van der Waals surface area contributed by atoms with Gasteiger partial charge in [-0.25, -0.2) is 9.97 Å². The largest absolute Gasteiger partial charge is 0.362 e. The van der Waals surface area contributed by atoms with Crippen LogP contribution in [0.3, 0.4) is 0 Å². The molecule has 1 aliphatic heterocycles. The third kappa shape index (κ3) is 6.16. The molecule has 220 valence electrons. The number of hydrogen-bond acceptors (Lipinski definition) is 7. The smallest absolute Gasteiger partial charge is 0.243 e. The molecular formula is C33H41N7OS. The van der Waals surface area contributed by atoms with Crippen LogP contribution in [0.1, 0.15) is 60.1 Å². The van der Waals surface area contributed by atoms with Crippen LogP contribution in [0.15, 0.2) is 42.5 Å². The van der Waals surface area contributed by atoms with E-state index in [0.717, 1.165) is 75.9 Å². The van der Waals surface area contributed by atoms with E-state index in [9.17, 15) is 4.79 Å². The Morgan fingerprint density at radius 3 is 2.45 bits per heavy atom. The van der Waals surface area contributed by atoms with Crippen LogP contribution in [0.25, 0.3) is 22.9 Å². The SMILES string of the molecule is CCNC(=O)C=Cc1c(C)nc(-n2c(C)ccc2C)nc1NC(CC)c1cc2cccc(C)c2nc1N1CCSCC1. The van der Waals surface area contributed by atoms with Crippen molar-refractivity contribution in [2.75, 3.05) is 41.4 Å². The molecule has 1 aromatic carbocycles. The number of hydrogen-bond donors (Lipinski definition) is 2. The van der Waals surface area contributed by atoms with Gasteiger partial charge in [0.15, 0.2) is 0 Å². The predicted octanol–water partition coefficient (Wildman–Crippen LogP) is 6.31. The molecule has 1 aliphatic rings. The van der Waals surface area contributed by atoms with Crippen LogP contribution < -0.4 is 15.5 Å². The first-order valence-corrected chi connectivity index (χ1v) is 16.0. The van der Waals surface area contributed by atoms with Gasteiger partial charge in [0, 0.05) is 65.1 Å². The summed E-state index contributed by atoms with van der Waals surface area (Å²) < 4.78 is 2.06. The fourth-order valence-corrected chi connectivity index (χ4v) is 6.46. The Morgan fingerprint density at radius 2 is 1.76 bits per heavy atom. The van der Waals surface area contributed by atoms with E-state index in [1.807, 2.05) is 31.7 Å². The summed E-state index contributed by atoms with van der Waals surface area (Å²) in [6, 6.07) is 12.8. The summed E-state index contributed by atoms with van der Waals surface area (Å²) >= 11 is 2.00. The van der Waals surface area contributed by atoms with Crippen LogP contribution in [0.4, 0.5) is 11.6 Å². The van der Waals surface area contributed by atoms with Gasteiger partial charge in [0.1, 0.15) is 11.6 Å². The normalized spacial score (nSPS) is 14.5. The number of amides is 1. The molecule has 1 atom stereocenters. The Hall–Kier alpha value is -3.85. The number of likely N-dealkylation sites (N-methyl/N-ethyl adjacent to an activating group) is 1. The van der Waals surface area contributed by atoms with Gasteiger partial charge < -0.3 is 15.5 Å². The van der Waals surface area contributed by atoms with Crippen molar-refractivity contribution in [2.45, 2.75) is 54.0 Å². The van der Waals surface area contributed by atoms with Crippen molar-refractivity contribution in [3.8, 4) is 5.95 Å². The summed E-state index contributed by atoms with van der Waals surface area (Å²) in [6.45, 7) is 14.8. The van der Waals surface area contributed by atoms with Crippen molar-refractivity contribution < 1.29 is 4.79 Å². The van der Waals surface area contributed by atoms with E-state index in [0.29, 0.717) is 18.3 Å². The number of aromatic nitrogens is 4. The van der Waals surface area contributed by atoms with Crippen LogP contribution >= 0.6 is 11.8 Å². The molecule has 5 rings (SSSR count). The number of thioether (sulfide) groups is 1. The van der Waals surface area contributed by atoms with Gasteiger partial charge in [-0.1, -0.05) is 25.1 Å². The molecule has 4 aromatic rings. The molecule has 8 nitrogen and oxygen atoms in total. The van der Waals surface area contributed by atoms with Crippen molar-refractivity contribution in [3.63, 3.8) is 0 Å². The summed E-state index contributed by atoms with van der Waals surface area (Å²) in [5.74, 6) is 4.39. The minimum Gasteiger partial charge on any atom is -0.362 e. The molecule has 0 radical (unpaired) electrons. The van der Waals surface area contributed by atoms with Crippen molar-refractivity contribution >= 4 is 46.3 Å². The minimum atomic E-state index is -0.143. The average molecular weight is 584 g/mol. The quantitative estimate of drug-likeness (QED) is 0.223. The molecule has 1 unspecified atom stereocenters. The third-order valence-electron chi connectivity index (χ3n) is 7.81. The number of carbonyl (C=O) groups excluding carboxylic acids is 1. The van der Waals surface area contributed by atoms with Crippen LogP contribution in [-0.2, 0) is 4.79 Å². The van der Waals surface area contributed by atoms with E-state index in [1.165, 1.54) is 5.56 Å². The van der Waals surface area contributed by atoms with E-state index < -0.39 is 0 Å². The fourth-order valence-electron chi connectivity index (χ4n) is 5.56. The molecule has 0 spiro atoms. The summed E-state index contributed by atoms with van der Waals surface area (Å²) in [6.07, 6.45) is 4.21. The molecule has 2 N–H and O–H groups in total. The first-order chi connectivity index (χ1) is 20.3. The molecule has 42 heavy (non-hydrogen) atoms. The zero-order valence-electron chi connectivity index (χ0n) is 25.5. The maximum absolute atomic E-state index is 12.4. The van der Waals surface area contributed by atoms with E-state index in [4.69, 9.17) is 15.0 Å². The van der Waals surface area contributed by atoms with E-state index in [1.54, 1.807) is 6.08 Å². The summed E-state index contributed by atoms with van der Waals surface area (Å²) in [5, 5.41) is 7.77. The molecular weight excluding hydrogens is 542 g/mol. The monoisotopic (exact) mass is 583 g/mol. The van der Waals surface area contributed by atoms with Gasteiger partial charge in [0.25, 0.3) is 0 Å². The Labute approximate surface area is 253 Å². The van der Waals surface area contributed by atoms with Gasteiger partial charge in [-0.15, -0.1) is 0 Å². The van der Waals surface area contributed by atoms with Gasteiger partial charge in [0.2, 0.25) is 11.9 Å². The molecule has 1 saturated heterocycles. The second-order valence-corrected chi connectivity index (χ2v) is 12.0. The zero-order chi connectivity index (χ0) is 29.8. The van der Waals surface area contributed by atoms with Gasteiger partial charge in [0.05, 0.1) is 17.3 Å². The van der Waals surface area contributed by atoms with E-state index in [2.05, 4.69) is 84.2 Å². The molecule has 0 bridgehead atoms. The Morgan fingerprint density at radius 1 is 1.02 bits per heavy atom. The maximum Gasteiger partial charge on any atom is 0.243 e. The van der Waals surface area contributed by atoms with Crippen molar-refractivity contribution in [1.82, 2.24) is 24.8 Å². The molecule has 9 heteroatoms. The number of benzene rings is 1. The van der Waals surface area contributed by atoms with Gasteiger partial charge in [-0.3, -0.25) is 9.36 Å². The van der Waals surface area contributed by atoms with Crippen LogP contribution in [0.2, 0.25) is 0 Å². The van der Waals surface area contributed by atoms with Crippen molar-refractivity contribution in [1.29, 1.82) is 0 Å². The second kappa shape index (κ2) is 13.0. The molecule has 1 amide bonds. The predicted molar refractivity (Wildman–Crippen MR) is 176 cm³/mol. The first kappa shape index (κ1) is 29.6. The number of pyridine rings is 1. The highest BCUT2D eigenvalue weighted by Crippen LogP contribution is 2.35. The lowest BCUT2D eigenvalue weighted by atomic mass is 10.00. The Balaban J connectivity index is 1.64. The number of aryl methyl sites for hydroxylation is 4. The third-order valence-corrected chi connectivity index (χ3v) is 8.75. The van der Waals surface area contributed by atoms with E-state index >= 15 is 0 Å². The van der Waals surface area contributed by atoms with Gasteiger partial charge in [-0.05, 0) is 70.9 Å². The standard InChI is InChI=1S/C33H41N7OS/c1-7-28(27-20-25-11-9-10-21(3)30(25)37-32(27)39-16-18-42-19-17-39)36-31-26(14-15-29(41)34-8-2)24(6)35-33(38-31)40-22(4)12-13-23(40)5/h9-15,20,28H,7-8,16-19H2,1-6H3,(H,34,41)(H,35,36,38). The Bertz CT molecular complexity index is 1600. The lowest BCUT2D eigenvalue weighted by molar-refractivity contribution is -0.116. The number of fused-ring (bicyclic) bond motifs is 1. The number of carbonyl (C=O) groups is 1. The van der Waals surface area contributed by atoms with Crippen LogP contribution in [-0.4, -0.2) is 56.6 Å². The number of rotatable bonds is 9. The molecule has 4 heterocycles. The summed E-state index contributed by atoms with van der Waals surface area (Å²) in [4.78, 5) is 30.0. The summed E-state index contributed by atoms with van der Waals surface area (Å²) in [5.41, 5.74) is 7.11. The zero-order valence-corrected chi connectivity index (χ0v) is 26.3. The lowest BCUT2D eigenvalue weighted by Gasteiger charge is -2.32.